The van der Waals surface area contributed by atoms with E-state index < -0.39 is 18.1 Å². The number of hydrogen-bond donors (Lipinski definition) is 0. The number of hydrogen-bond acceptors (Lipinski definition) is 8. The number of carbonyl (C=O) groups excluding carboxylic acids is 2. The predicted molar refractivity (Wildman–Crippen MR) is 94.7 cm³/mol. The molecule has 9 nitrogen and oxygen atoms in total. The molecule has 2 unspecified atom stereocenters. The second-order valence-corrected chi connectivity index (χ2v) is 6.05. The molecule has 2 atom stereocenters. The molecule has 2 heterocycles. The van der Waals surface area contributed by atoms with E-state index >= 15 is 0 Å². The van der Waals surface area contributed by atoms with Crippen molar-refractivity contribution in [1.82, 2.24) is 14.9 Å². The Morgan fingerprint density at radius 3 is 2.67 bits per heavy atom. The first-order chi connectivity index (χ1) is 13.1. The number of esters is 1. The second kappa shape index (κ2) is 8.07. The molecule has 1 fully saturated rings. The zero-order valence-electron chi connectivity index (χ0n) is 15.4. The highest BCUT2D eigenvalue weighted by Crippen LogP contribution is 2.34. The molecule has 0 saturated carbocycles. The summed E-state index contributed by atoms with van der Waals surface area (Å²) in [5.41, 5.74) is 0.738. The van der Waals surface area contributed by atoms with Crippen molar-refractivity contribution in [2.45, 2.75) is 25.0 Å². The van der Waals surface area contributed by atoms with Crippen molar-refractivity contribution in [3.8, 4) is 11.5 Å². The highest BCUT2D eigenvalue weighted by atomic mass is 16.6. The standard InChI is InChI=1S/C18H21N3O6/c1-24-15-8-13-11(9-19-10-20-13)6-16(15)27-12-4-5-21(18(23)26-3)14(7-12)17(22)25-2/h6,8-10,12,14H,4-5,7H2,1-3H3. The van der Waals surface area contributed by atoms with Crippen LogP contribution in [0.3, 0.4) is 0 Å². The quantitative estimate of drug-likeness (QED) is 0.746. The van der Waals surface area contributed by atoms with Gasteiger partial charge in [-0.1, -0.05) is 0 Å². The average Bonchev–Trinajstić information content (AvgIpc) is 2.72. The smallest absolute Gasteiger partial charge is 0.410 e. The first-order valence-electron chi connectivity index (χ1n) is 8.44. The van der Waals surface area contributed by atoms with Crippen LogP contribution in [0, 0.1) is 0 Å². The van der Waals surface area contributed by atoms with E-state index in [2.05, 4.69) is 9.97 Å². The number of amides is 1. The summed E-state index contributed by atoms with van der Waals surface area (Å²) in [6.45, 7) is 0.316. The number of benzene rings is 1. The zero-order valence-corrected chi connectivity index (χ0v) is 15.4. The first-order valence-corrected chi connectivity index (χ1v) is 8.44. The largest absolute Gasteiger partial charge is 0.493 e. The van der Waals surface area contributed by atoms with Crippen LogP contribution in [0.2, 0.25) is 0 Å². The Labute approximate surface area is 156 Å². The van der Waals surface area contributed by atoms with Gasteiger partial charge < -0.3 is 18.9 Å². The fourth-order valence-electron chi connectivity index (χ4n) is 3.16. The Bertz CT molecular complexity index is 843. The minimum Gasteiger partial charge on any atom is -0.493 e. The summed E-state index contributed by atoms with van der Waals surface area (Å²) in [4.78, 5) is 33.6. The fourth-order valence-corrected chi connectivity index (χ4v) is 3.16. The number of nitrogens with zero attached hydrogens (tertiary/aromatic N) is 3. The second-order valence-electron chi connectivity index (χ2n) is 6.05. The Balaban J connectivity index is 1.82. The Morgan fingerprint density at radius 2 is 1.96 bits per heavy atom. The van der Waals surface area contributed by atoms with Gasteiger partial charge in [-0.15, -0.1) is 0 Å². The predicted octanol–water partition coefficient (Wildman–Crippen LogP) is 1.79. The third kappa shape index (κ3) is 3.86. The van der Waals surface area contributed by atoms with Gasteiger partial charge in [0.1, 0.15) is 18.5 Å². The summed E-state index contributed by atoms with van der Waals surface area (Å²) in [6, 6.07) is 2.80. The van der Waals surface area contributed by atoms with Crippen molar-refractivity contribution < 1.29 is 28.5 Å². The van der Waals surface area contributed by atoms with Crippen LogP contribution in [0.15, 0.2) is 24.7 Å². The Hall–Kier alpha value is -3.10. The molecule has 2 aromatic rings. The molecule has 9 heteroatoms. The highest BCUT2D eigenvalue weighted by Gasteiger charge is 2.38. The Morgan fingerprint density at radius 1 is 1.15 bits per heavy atom. The summed E-state index contributed by atoms with van der Waals surface area (Å²) in [5, 5.41) is 0.810. The first kappa shape index (κ1) is 18.7. The summed E-state index contributed by atoms with van der Waals surface area (Å²) in [7, 11) is 4.11. The number of aromatic nitrogens is 2. The number of fused-ring (bicyclic) bond motifs is 1. The fraction of sp³-hybridized carbons (Fsp3) is 0.444. The van der Waals surface area contributed by atoms with Gasteiger partial charge in [-0.2, -0.15) is 0 Å². The van der Waals surface area contributed by atoms with E-state index in [1.165, 1.54) is 25.4 Å². The lowest BCUT2D eigenvalue weighted by Gasteiger charge is -2.36. The van der Waals surface area contributed by atoms with Crippen LogP contribution in [-0.4, -0.2) is 67.0 Å². The van der Waals surface area contributed by atoms with E-state index in [1.54, 1.807) is 25.4 Å². The molecule has 1 aromatic carbocycles. The third-order valence-electron chi connectivity index (χ3n) is 4.52. The SMILES string of the molecule is COC(=O)C1CC(Oc2cc3cncnc3cc2OC)CCN1C(=O)OC. The van der Waals surface area contributed by atoms with Gasteiger partial charge in [-0.05, 0) is 6.07 Å². The van der Waals surface area contributed by atoms with Crippen molar-refractivity contribution in [2.24, 2.45) is 0 Å². The molecule has 144 valence electrons. The van der Waals surface area contributed by atoms with Gasteiger partial charge in [0.05, 0.1) is 26.8 Å². The van der Waals surface area contributed by atoms with Crippen molar-refractivity contribution >= 4 is 23.0 Å². The highest BCUT2D eigenvalue weighted by molar-refractivity contribution is 5.82. The van der Waals surface area contributed by atoms with Crippen molar-refractivity contribution in [1.29, 1.82) is 0 Å². The zero-order chi connectivity index (χ0) is 19.4. The minimum atomic E-state index is -0.768. The number of rotatable bonds is 4. The average molecular weight is 375 g/mol. The molecule has 27 heavy (non-hydrogen) atoms. The molecule has 0 N–H and O–H groups in total. The van der Waals surface area contributed by atoms with Crippen molar-refractivity contribution in [2.75, 3.05) is 27.9 Å². The van der Waals surface area contributed by atoms with Crippen LogP contribution < -0.4 is 9.47 Å². The molecule has 1 saturated heterocycles. The lowest BCUT2D eigenvalue weighted by Crippen LogP contribution is -2.52. The van der Waals surface area contributed by atoms with E-state index in [4.69, 9.17) is 18.9 Å². The Kier molecular flexibility index (Phi) is 5.58. The lowest BCUT2D eigenvalue weighted by molar-refractivity contribution is -0.148. The number of likely N-dealkylation sites (tertiary alicyclic amines) is 1. The number of carbonyl (C=O) groups is 2. The minimum absolute atomic E-state index is 0.286. The molecular weight excluding hydrogens is 354 g/mol. The number of methoxy groups -OCH3 is 3. The maximum absolute atomic E-state index is 12.1. The molecule has 0 radical (unpaired) electrons. The monoisotopic (exact) mass is 375 g/mol. The van der Waals surface area contributed by atoms with Crippen LogP contribution in [0.5, 0.6) is 11.5 Å². The van der Waals surface area contributed by atoms with Gasteiger partial charge in [0.15, 0.2) is 11.5 Å². The molecule has 1 aliphatic heterocycles. The molecule has 3 rings (SSSR count). The van der Waals surface area contributed by atoms with Crippen LogP contribution in [0.4, 0.5) is 4.79 Å². The normalized spacial score (nSPS) is 19.4. The van der Waals surface area contributed by atoms with Gasteiger partial charge >= 0.3 is 12.1 Å². The van der Waals surface area contributed by atoms with E-state index in [1.807, 2.05) is 0 Å². The van der Waals surface area contributed by atoms with Gasteiger partial charge in [0, 0.05) is 37.0 Å². The summed E-state index contributed by atoms with van der Waals surface area (Å²) >= 11 is 0. The molecule has 1 aliphatic rings. The van der Waals surface area contributed by atoms with Gasteiger partial charge in [-0.25, -0.2) is 19.6 Å². The van der Waals surface area contributed by atoms with Crippen molar-refractivity contribution in [3.63, 3.8) is 0 Å². The van der Waals surface area contributed by atoms with Gasteiger partial charge in [0.2, 0.25) is 0 Å². The number of piperidine rings is 1. The van der Waals surface area contributed by atoms with E-state index in [9.17, 15) is 9.59 Å². The lowest BCUT2D eigenvalue weighted by atomic mass is 9.99. The summed E-state index contributed by atoms with van der Waals surface area (Å²) in [5.74, 6) is 0.554. The van der Waals surface area contributed by atoms with E-state index in [0.717, 1.165) is 10.9 Å². The maximum Gasteiger partial charge on any atom is 0.410 e. The summed E-state index contributed by atoms with van der Waals surface area (Å²) < 4.78 is 21.1. The van der Waals surface area contributed by atoms with Crippen LogP contribution >= 0.6 is 0 Å². The molecule has 0 bridgehead atoms. The van der Waals surface area contributed by atoms with Crippen LogP contribution in [0.1, 0.15) is 12.8 Å². The molecular formula is C18H21N3O6. The molecule has 1 aromatic heterocycles. The van der Waals surface area contributed by atoms with Crippen molar-refractivity contribution in [3.05, 3.63) is 24.7 Å². The van der Waals surface area contributed by atoms with E-state index in [0.29, 0.717) is 24.5 Å². The molecule has 1 amide bonds. The topological polar surface area (TPSA) is 100 Å². The summed E-state index contributed by atoms with van der Waals surface area (Å²) in [6.07, 6.45) is 3.11. The number of ether oxygens (including phenoxy) is 4. The van der Waals surface area contributed by atoms with Crippen LogP contribution in [-0.2, 0) is 14.3 Å². The third-order valence-corrected chi connectivity index (χ3v) is 4.52. The maximum atomic E-state index is 12.1. The van der Waals surface area contributed by atoms with Crippen LogP contribution in [0.25, 0.3) is 10.9 Å². The van der Waals surface area contributed by atoms with Gasteiger partial charge in [0.25, 0.3) is 0 Å². The van der Waals surface area contributed by atoms with Gasteiger partial charge in [-0.3, -0.25) is 4.90 Å². The molecule has 0 aliphatic carbocycles. The van der Waals surface area contributed by atoms with E-state index in [-0.39, 0.29) is 12.5 Å². The molecule has 0 spiro atoms.